The highest BCUT2D eigenvalue weighted by molar-refractivity contribution is 7.47. The first-order chi connectivity index (χ1) is 44.4. The van der Waals surface area contributed by atoms with Crippen LogP contribution in [0.1, 0.15) is 406 Å². The van der Waals surface area contributed by atoms with E-state index in [2.05, 4.69) is 68.6 Å². The van der Waals surface area contributed by atoms with Gasteiger partial charge in [0.1, 0.15) is 19.3 Å². The van der Waals surface area contributed by atoms with Crippen LogP contribution >= 0.6 is 7.82 Å². The highest BCUT2D eigenvalue weighted by Crippen LogP contribution is 2.43. The molecular weight excluding hydrogens is 1140 g/mol. The van der Waals surface area contributed by atoms with Crippen LogP contribution in [0.25, 0.3) is 0 Å². The van der Waals surface area contributed by atoms with Crippen LogP contribution in [0.4, 0.5) is 0 Å². The van der Waals surface area contributed by atoms with Gasteiger partial charge in [0.15, 0.2) is 0 Å². The van der Waals surface area contributed by atoms with Gasteiger partial charge in [0.2, 0.25) is 5.91 Å². The molecule has 536 valence electrons. The zero-order chi connectivity index (χ0) is 66.3. The summed E-state index contributed by atoms with van der Waals surface area (Å²) in [6, 6.07) is -0.848. The lowest BCUT2D eigenvalue weighted by molar-refractivity contribution is -0.870. The van der Waals surface area contributed by atoms with Crippen LogP contribution in [0, 0.1) is 0 Å². The van der Waals surface area contributed by atoms with Gasteiger partial charge < -0.3 is 19.4 Å². The van der Waals surface area contributed by atoms with Crippen molar-refractivity contribution in [3.8, 4) is 0 Å². The van der Waals surface area contributed by atoms with Crippen LogP contribution in [0.15, 0.2) is 48.6 Å². The standard InChI is InChI=1S/C81H155N2O7P/c1-7-10-13-16-19-22-25-28-30-32-34-36-38-40-41-43-45-47-49-51-53-56-59-62-65-68-71-74-81(85)90-79(72-69-66-63-60-57-54-27-24-21-18-15-12-9-3)78(77-89-91(86,87)88-76-75-83(4,5)6)82-80(84)73-70-67-64-61-58-55-52-50-48-46-44-42-39-37-35-33-31-29-26-23-20-17-14-11-8-2/h20,23,28-31,69,72,78-79H,7-19,21-22,24-27,32-68,70-71,73-77H2,1-6H3,(H-,82,84,86,87)/p+1/b23-20-,30-28+,31-29-,72-69+. The van der Waals surface area contributed by atoms with Gasteiger partial charge in [-0.2, -0.15) is 0 Å². The summed E-state index contributed by atoms with van der Waals surface area (Å²) in [7, 11) is 1.52. The van der Waals surface area contributed by atoms with Gasteiger partial charge in [-0.05, 0) is 89.5 Å². The van der Waals surface area contributed by atoms with E-state index in [-0.39, 0.29) is 25.1 Å². The number of allylic oxidation sites excluding steroid dienone is 7. The zero-order valence-electron chi connectivity index (χ0n) is 61.6. The van der Waals surface area contributed by atoms with E-state index in [1.165, 1.54) is 308 Å². The predicted octanol–water partition coefficient (Wildman–Crippen LogP) is 25.9. The van der Waals surface area contributed by atoms with Crippen molar-refractivity contribution in [1.82, 2.24) is 5.32 Å². The molecule has 3 unspecified atom stereocenters. The molecule has 10 heteroatoms. The fourth-order valence-electron chi connectivity index (χ4n) is 12.1. The number of hydrogen-bond acceptors (Lipinski definition) is 6. The molecule has 0 aromatic carbocycles. The number of hydrogen-bond donors (Lipinski definition) is 2. The summed E-state index contributed by atoms with van der Waals surface area (Å²) in [5.74, 6) is -0.482. The number of nitrogens with zero attached hydrogens (tertiary/aromatic N) is 1. The summed E-state index contributed by atoms with van der Waals surface area (Å²) in [5, 5.41) is 3.09. The summed E-state index contributed by atoms with van der Waals surface area (Å²) >= 11 is 0. The van der Waals surface area contributed by atoms with E-state index in [0.29, 0.717) is 23.9 Å². The molecule has 0 saturated heterocycles. The van der Waals surface area contributed by atoms with Gasteiger partial charge in [0, 0.05) is 12.8 Å². The molecule has 0 rings (SSSR count). The van der Waals surface area contributed by atoms with E-state index >= 15 is 0 Å². The van der Waals surface area contributed by atoms with E-state index < -0.39 is 20.0 Å². The SMILES string of the molecule is CCCCC/C=C\C/C=C\CCCCCCCCCCCCCCCCCC(=O)NC(COP(=O)(O)OCC[N+](C)(C)C)C(/C=C/CCCCCCCCCCCCC)OC(=O)CCCCCCCCCCCCCCCCCCC/C=C/CCCCCCCC. The number of rotatable bonds is 74. The number of phosphoric ester groups is 1. The molecule has 0 aliphatic rings. The number of ether oxygens (including phenoxy) is 1. The van der Waals surface area contributed by atoms with Crippen LogP contribution in [0.5, 0.6) is 0 Å². The van der Waals surface area contributed by atoms with Crippen LogP contribution in [0.2, 0.25) is 0 Å². The van der Waals surface area contributed by atoms with Crippen molar-refractivity contribution in [3.05, 3.63) is 48.6 Å². The van der Waals surface area contributed by atoms with Crippen molar-refractivity contribution in [1.29, 1.82) is 0 Å². The minimum atomic E-state index is -4.46. The maximum Gasteiger partial charge on any atom is 0.472 e. The molecule has 0 bridgehead atoms. The monoisotopic (exact) mass is 1300 g/mol. The molecule has 0 fully saturated rings. The molecule has 0 saturated carbocycles. The number of likely N-dealkylation sites (N-methyl/N-ethyl adjacent to an activating group) is 1. The molecule has 0 aromatic rings. The molecule has 91 heavy (non-hydrogen) atoms. The third-order valence-electron chi connectivity index (χ3n) is 18.2. The Morgan fingerprint density at radius 2 is 0.670 bits per heavy atom. The summed E-state index contributed by atoms with van der Waals surface area (Å²) in [6.45, 7) is 7.06. The second-order valence-electron chi connectivity index (χ2n) is 28.6. The second kappa shape index (κ2) is 70.8. The summed E-state index contributed by atoms with van der Waals surface area (Å²) in [4.78, 5) is 38.1. The maximum atomic E-state index is 13.7. The molecule has 3 atom stereocenters. The van der Waals surface area contributed by atoms with Crippen LogP contribution in [0.3, 0.4) is 0 Å². The summed E-state index contributed by atoms with van der Waals surface area (Å²) in [6.07, 6.45) is 91.5. The van der Waals surface area contributed by atoms with E-state index in [1.807, 2.05) is 27.2 Å². The lowest BCUT2D eigenvalue weighted by atomic mass is 10.0. The van der Waals surface area contributed by atoms with Crippen LogP contribution in [-0.4, -0.2) is 74.3 Å². The minimum absolute atomic E-state index is 0.0427. The molecule has 0 spiro atoms. The fraction of sp³-hybridized carbons (Fsp3) is 0.877. The van der Waals surface area contributed by atoms with E-state index in [9.17, 15) is 19.0 Å². The largest absolute Gasteiger partial charge is 0.472 e. The number of quaternary nitrogens is 1. The van der Waals surface area contributed by atoms with Crippen molar-refractivity contribution in [2.45, 2.75) is 418 Å². The lowest BCUT2D eigenvalue weighted by Crippen LogP contribution is -2.47. The Balaban J connectivity index is 4.93. The van der Waals surface area contributed by atoms with Gasteiger partial charge in [-0.1, -0.05) is 352 Å². The Morgan fingerprint density at radius 3 is 1.02 bits per heavy atom. The third-order valence-corrected chi connectivity index (χ3v) is 19.2. The number of amides is 1. The number of nitrogens with one attached hydrogen (secondary N) is 1. The van der Waals surface area contributed by atoms with Crippen molar-refractivity contribution < 1.29 is 37.3 Å². The topological polar surface area (TPSA) is 111 Å². The Kier molecular flexibility index (Phi) is 69.2. The van der Waals surface area contributed by atoms with Crippen LogP contribution < -0.4 is 5.32 Å². The molecule has 0 aliphatic carbocycles. The first-order valence-corrected chi connectivity index (χ1v) is 41.5. The van der Waals surface area contributed by atoms with Gasteiger partial charge in [-0.25, -0.2) is 4.57 Å². The van der Waals surface area contributed by atoms with E-state index in [1.54, 1.807) is 0 Å². The molecule has 2 N–H and O–H groups in total. The average molecular weight is 1300 g/mol. The molecule has 0 radical (unpaired) electrons. The smallest absolute Gasteiger partial charge is 0.456 e. The minimum Gasteiger partial charge on any atom is -0.456 e. The van der Waals surface area contributed by atoms with Crippen molar-refractivity contribution in [3.63, 3.8) is 0 Å². The number of esters is 1. The highest BCUT2D eigenvalue weighted by atomic mass is 31.2. The van der Waals surface area contributed by atoms with E-state index in [4.69, 9.17) is 13.8 Å². The Morgan fingerprint density at radius 1 is 0.385 bits per heavy atom. The van der Waals surface area contributed by atoms with Crippen LogP contribution in [-0.2, 0) is 27.9 Å². The third kappa shape index (κ3) is 72.1. The molecule has 0 aliphatic heterocycles. The van der Waals surface area contributed by atoms with Gasteiger partial charge in [0.05, 0.1) is 33.8 Å². The Bertz CT molecular complexity index is 1690. The Hall–Kier alpha value is -2.03. The van der Waals surface area contributed by atoms with Gasteiger partial charge in [0.25, 0.3) is 0 Å². The summed E-state index contributed by atoms with van der Waals surface area (Å²) < 4.78 is 31.0. The van der Waals surface area contributed by atoms with Crippen molar-refractivity contribution in [2.75, 3.05) is 40.9 Å². The number of phosphoric acid groups is 1. The zero-order valence-corrected chi connectivity index (χ0v) is 62.5. The van der Waals surface area contributed by atoms with E-state index in [0.717, 1.165) is 64.2 Å². The maximum absolute atomic E-state index is 13.7. The highest BCUT2D eigenvalue weighted by Gasteiger charge is 2.30. The molecule has 0 aromatic heterocycles. The normalized spacial score (nSPS) is 13.6. The number of unbranched alkanes of at least 4 members (excludes halogenated alkanes) is 52. The fourth-order valence-corrected chi connectivity index (χ4v) is 12.8. The predicted molar refractivity (Wildman–Crippen MR) is 397 cm³/mol. The lowest BCUT2D eigenvalue weighted by Gasteiger charge is -2.27. The first-order valence-electron chi connectivity index (χ1n) is 40.0. The van der Waals surface area contributed by atoms with Crippen molar-refractivity contribution in [2.24, 2.45) is 0 Å². The molecule has 0 heterocycles. The van der Waals surface area contributed by atoms with Crippen molar-refractivity contribution >= 4 is 19.7 Å². The first kappa shape index (κ1) is 89.0. The average Bonchev–Trinajstić information content (AvgIpc) is 3.73. The van der Waals surface area contributed by atoms with Gasteiger partial charge in [-0.15, -0.1) is 0 Å². The quantitative estimate of drug-likeness (QED) is 0.0205. The molecule has 1 amide bonds. The summed E-state index contributed by atoms with van der Waals surface area (Å²) in [5.41, 5.74) is 0. The van der Waals surface area contributed by atoms with Gasteiger partial charge >= 0.3 is 13.8 Å². The molecular formula is C81H156N2O7P+. The Labute approximate surface area is 567 Å². The molecule has 9 nitrogen and oxygen atoms in total. The van der Waals surface area contributed by atoms with Gasteiger partial charge in [-0.3, -0.25) is 18.6 Å². The second-order valence-corrected chi connectivity index (χ2v) is 30.0. The number of carbonyl (C=O) groups is 2. The number of carbonyl (C=O) groups excluding carboxylic acids is 2.